The molecule has 0 aliphatic heterocycles. The molecule has 9 heavy (non-hydrogen) atoms. The second kappa shape index (κ2) is 5.51. The third-order valence-electron chi connectivity index (χ3n) is 0.710. The van der Waals surface area contributed by atoms with Gasteiger partial charge in [-0.2, -0.15) is 0 Å². The molecule has 0 aromatic carbocycles. The highest BCUT2D eigenvalue weighted by molar-refractivity contribution is 7.80. The SMILES string of the molecule is CC=CNC(=S)C=CC. The van der Waals surface area contributed by atoms with Gasteiger partial charge in [-0.3, -0.25) is 0 Å². The number of rotatable bonds is 2. The lowest BCUT2D eigenvalue weighted by Crippen LogP contribution is -2.10. The minimum Gasteiger partial charge on any atom is -0.353 e. The van der Waals surface area contributed by atoms with Crippen LogP contribution in [-0.4, -0.2) is 4.99 Å². The van der Waals surface area contributed by atoms with E-state index in [9.17, 15) is 0 Å². The highest BCUT2D eigenvalue weighted by atomic mass is 32.1. The topological polar surface area (TPSA) is 12.0 Å². The normalized spacial score (nSPS) is 10.9. The van der Waals surface area contributed by atoms with E-state index in [4.69, 9.17) is 12.2 Å². The zero-order chi connectivity index (χ0) is 7.11. The Morgan fingerprint density at radius 2 is 2.00 bits per heavy atom. The van der Waals surface area contributed by atoms with Crippen LogP contribution in [0.15, 0.2) is 24.4 Å². The van der Waals surface area contributed by atoms with Crippen molar-refractivity contribution in [3.8, 4) is 0 Å². The molecule has 0 atom stereocenters. The molecule has 0 aromatic heterocycles. The summed E-state index contributed by atoms with van der Waals surface area (Å²) in [6, 6.07) is 0. The van der Waals surface area contributed by atoms with Crippen LogP contribution >= 0.6 is 12.2 Å². The lowest BCUT2D eigenvalue weighted by Gasteiger charge is -1.92. The molecular formula is C7H11NS. The molecule has 1 nitrogen and oxygen atoms in total. The average molecular weight is 141 g/mol. The van der Waals surface area contributed by atoms with Crippen LogP contribution in [0.2, 0.25) is 0 Å². The van der Waals surface area contributed by atoms with Gasteiger partial charge in [0.05, 0.1) is 0 Å². The molecule has 0 heterocycles. The Labute approximate surface area is 61.5 Å². The van der Waals surface area contributed by atoms with Crippen molar-refractivity contribution in [3.63, 3.8) is 0 Å². The van der Waals surface area contributed by atoms with E-state index in [0.29, 0.717) is 0 Å². The first-order valence-corrected chi connectivity index (χ1v) is 3.26. The average Bonchev–Trinajstić information content (AvgIpc) is 1.85. The van der Waals surface area contributed by atoms with E-state index in [2.05, 4.69) is 5.32 Å². The van der Waals surface area contributed by atoms with Crippen LogP contribution in [0.1, 0.15) is 13.8 Å². The van der Waals surface area contributed by atoms with E-state index < -0.39 is 0 Å². The molecule has 0 aliphatic carbocycles. The fourth-order valence-electron chi connectivity index (χ4n) is 0.365. The van der Waals surface area contributed by atoms with Gasteiger partial charge in [-0.25, -0.2) is 0 Å². The Balaban J connectivity index is 3.51. The molecule has 0 aromatic rings. The summed E-state index contributed by atoms with van der Waals surface area (Å²) in [6.45, 7) is 3.87. The lowest BCUT2D eigenvalue weighted by atomic mass is 10.5. The van der Waals surface area contributed by atoms with Crippen molar-refractivity contribution in [3.05, 3.63) is 24.4 Å². The first-order chi connectivity index (χ1) is 4.31. The van der Waals surface area contributed by atoms with E-state index in [-0.39, 0.29) is 0 Å². The predicted octanol–water partition coefficient (Wildman–Crippen LogP) is 2.01. The standard InChI is InChI=1S/C7H11NS/c1-3-5-7(9)8-6-4-2/h3-6H,1-2H3,(H,8,9). The van der Waals surface area contributed by atoms with Crippen LogP contribution in [0.4, 0.5) is 0 Å². The molecule has 2 heteroatoms. The molecular weight excluding hydrogens is 130 g/mol. The van der Waals surface area contributed by atoms with Crippen LogP contribution in [0.3, 0.4) is 0 Å². The molecule has 1 N–H and O–H groups in total. The minimum absolute atomic E-state index is 0.746. The van der Waals surface area contributed by atoms with Crippen LogP contribution in [0, 0.1) is 0 Å². The monoisotopic (exact) mass is 141 g/mol. The highest BCUT2D eigenvalue weighted by Gasteiger charge is 1.78. The molecule has 0 fully saturated rings. The van der Waals surface area contributed by atoms with Gasteiger partial charge in [0, 0.05) is 0 Å². The van der Waals surface area contributed by atoms with E-state index in [0.717, 1.165) is 4.99 Å². The van der Waals surface area contributed by atoms with Crippen molar-refractivity contribution in [1.82, 2.24) is 5.32 Å². The third kappa shape index (κ3) is 5.24. The van der Waals surface area contributed by atoms with Crippen molar-refractivity contribution in [1.29, 1.82) is 0 Å². The number of thiocarbonyl (C=S) groups is 1. The van der Waals surface area contributed by atoms with Gasteiger partial charge < -0.3 is 5.32 Å². The van der Waals surface area contributed by atoms with Gasteiger partial charge in [-0.05, 0) is 26.1 Å². The van der Waals surface area contributed by atoms with Crippen molar-refractivity contribution in [2.75, 3.05) is 0 Å². The largest absolute Gasteiger partial charge is 0.353 e. The summed E-state index contributed by atoms with van der Waals surface area (Å²) in [6.07, 6.45) is 7.45. The van der Waals surface area contributed by atoms with Crippen molar-refractivity contribution >= 4 is 17.2 Å². The molecule has 0 aliphatic rings. The van der Waals surface area contributed by atoms with Gasteiger partial charge in [0.25, 0.3) is 0 Å². The lowest BCUT2D eigenvalue weighted by molar-refractivity contribution is 1.31. The summed E-state index contributed by atoms with van der Waals surface area (Å²) >= 11 is 4.87. The van der Waals surface area contributed by atoms with E-state index in [1.165, 1.54) is 0 Å². The molecule has 0 unspecified atom stereocenters. The smallest absolute Gasteiger partial charge is 0.102 e. The van der Waals surface area contributed by atoms with Crippen molar-refractivity contribution in [2.45, 2.75) is 13.8 Å². The quantitative estimate of drug-likeness (QED) is 0.466. The van der Waals surface area contributed by atoms with E-state index in [1.54, 1.807) is 0 Å². The maximum Gasteiger partial charge on any atom is 0.102 e. The fourth-order valence-corrected chi connectivity index (χ4v) is 0.569. The Bertz CT molecular complexity index is 136. The van der Waals surface area contributed by atoms with Crippen molar-refractivity contribution in [2.24, 2.45) is 0 Å². The fraction of sp³-hybridized carbons (Fsp3) is 0.286. The second-order valence-corrected chi connectivity index (χ2v) is 1.95. The third-order valence-corrected chi connectivity index (χ3v) is 0.964. The zero-order valence-electron chi connectivity index (χ0n) is 5.72. The number of hydrogen-bond acceptors (Lipinski definition) is 1. The van der Waals surface area contributed by atoms with Crippen LogP contribution in [0.5, 0.6) is 0 Å². The van der Waals surface area contributed by atoms with Gasteiger partial charge in [0.1, 0.15) is 4.99 Å². The minimum atomic E-state index is 0.746. The summed E-state index contributed by atoms with van der Waals surface area (Å²) in [5, 5.41) is 2.90. The Hall–Kier alpha value is -0.630. The number of nitrogens with one attached hydrogen (secondary N) is 1. The van der Waals surface area contributed by atoms with Crippen LogP contribution < -0.4 is 5.32 Å². The first kappa shape index (κ1) is 8.37. The summed E-state index contributed by atoms with van der Waals surface area (Å²) in [4.78, 5) is 0.746. The van der Waals surface area contributed by atoms with Crippen LogP contribution in [0.25, 0.3) is 0 Å². The van der Waals surface area contributed by atoms with Gasteiger partial charge in [0.15, 0.2) is 0 Å². The maximum atomic E-state index is 4.87. The molecule has 0 saturated heterocycles. The molecule has 0 rings (SSSR count). The second-order valence-electron chi connectivity index (χ2n) is 1.51. The van der Waals surface area contributed by atoms with Gasteiger partial charge >= 0.3 is 0 Å². The highest BCUT2D eigenvalue weighted by Crippen LogP contribution is 1.76. The number of allylic oxidation sites excluding steroid dienone is 2. The van der Waals surface area contributed by atoms with E-state index in [1.807, 2.05) is 38.3 Å². The molecule has 0 spiro atoms. The Morgan fingerprint density at radius 1 is 1.33 bits per heavy atom. The van der Waals surface area contributed by atoms with Gasteiger partial charge in [-0.1, -0.05) is 24.4 Å². The summed E-state index contributed by atoms with van der Waals surface area (Å²) < 4.78 is 0. The zero-order valence-corrected chi connectivity index (χ0v) is 6.53. The number of hydrogen-bond donors (Lipinski definition) is 1. The van der Waals surface area contributed by atoms with Gasteiger partial charge in [0.2, 0.25) is 0 Å². The molecule has 0 bridgehead atoms. The maximum absolute atomic E-state index is 4.87. The van der Waals surface area contributed by atoms with Crippen LogP contribution in [-0.2, 0) is 0 Å². The predicted molar refractivity (Wildman–Crippen MR) is 45.4 cm³/mol. The summed E-state index contributed by atoms with van der Waals surface area (Å²) in [7, 11) is 0. The van der Waals surface area contributed by atoms with Crippen molar-refractivity contribution < 1.29 is 0 Å². The van der Waals surface area contributed by atoms with E-state index >= 15 is 0 Å². The Kier molecular flexibility index (Phi) is 5.12. The molecule has 0 saturated carbocycles. The summed E-state index contributed by atoms with van der Waals surface area (Å²) in [5.74, 6) is 0. The van der Waals surface area contributed by atoms with Gasteiger partial charge in [-0.15, -0.1) is 0 Å². The first-order valence-electron chi connectivity index (χ1n) is 2.85. The molecule has 0 amide bonds. The summed E-state index contributed by atoms with van der Waals surface area (Å²) in [5.41, 5.74) is 0. The molecule has 50 valence electrons. The molecule has 0 radical (unpaired) electrons. The Morgan fingerprint density at radius 3 is 2.44 bits per heavy atom.